The lowest BCUT2D eigenvalue weighted by Gasteiger charge is -2.15. The average Bonchev–Trinajstić information content (AvgIpc) is 2.70. The van der Waals surface area contributed by atoms with Gasteiger partial charge in [0.1, 0.15) is 5.82 Å². The Bertz CT molecular complexity index is 607. The minimum Gasteiger partial charge on any atom is -0.478 e. The van der Waals surface area contributed by atoms with Crippen molar-refractivity contribution in [1.29, 1.82) is 0 Å². The summed E-state index contributed by atoms with van der Waals surface area (Å²) >= 11 is 1.88. The first-order valence-corrected chi connectivity index (χ1v) is 7.49. The van der Waals surface area contributed by atoms with Crippen molar-refractivity contribution in [2.24, 2.45) is 0 Å². The molecule has 1 heterocycles. The molecule has 0 aliphatic carbocycles. The van der Waals surface area contributed by atoms with Gasteiger partial charge in [-0.05, 0) is 37.8 Å². The Kier molecular flexibility index (Phi) is 4.14. The van der Waals surface area contributed by atoms with Gasteiger partial charge in [0.15, 0.2) is 0 Å². The number of aromatic carboxylic acids is 1. The zero-order valence-electron chi connectivity index (χ0n) is 11.4. The molecule has 0 amide bonds. The van der Waals surface area contributed by atoms with Crippen molar-refractivity contribution in [2.45, 2.75) is 26.8 Å². The van der Waals surface area contributed by atoms with Crippen molar-refractivity contribution in [3.8, 4) is 0 Å². The maximum Gasteiger partial charge on any atom is 0.335 e. The van der Waals surface area contributed by atoms with Crippen LogP contribution in [0.3, 0.4) is 0 Å². The van der Waals surface area contributed by atoms with Crippen molar-refractivity contribution >= 4 is 28.8 Å². The van der Waals surface area contributed by atoms with Crippen molar-refractivity contribution in [3.05, 3.63) is 29.6 Å². The molecule has 1 atom stereocenters. The van der Waals surface area contributed by atoms with E-state index in [1.807, 2.05) is 18.7 Å². The molecule has 2 aromatic rings. The van der Waals surface area contributed by atoms with E-state index in [0.29, 0.717) is 11.6 Å². The van der Waals surface area contributed by atoms with Gasteiger partial charge in [-0.1, -0.05) is 6.92 Å². The Hall–Kier alpha value is -1.49. The summed E-state index contributed by atoms with van der Waals surface area (Å²) in [6, 6.07) is 5.40. The molecule has 0 spiro atoms. The maximum atomic E-state index is 11.1. The fourth-order valence-corrected chi connectivity index (χ4v) is 2.99. The van der Waals surface area contributed by atoms with Crippen LogP contribution in [0.1, 0.15) is 36.1 Å². The van der Waals surface area contributed by atoms with E-state index in [1.54, 1.807) is 18.2 Å². The number of thioether (sulfide) groups is 1. The first-order valence-electron chi connectivity index (χ1n) is 6.34. The maximum absolute atomic E-state index is 11.1. The Morgan fingerprint density at radius 3 is 2.89 bits per heavy atom. The molecule has 19 heavy (non-hydrogen) atoms. The zero-order chi connectivity index (χ0) is 14.0. The standard InChI is InChI=1S/C14H18N2O2S/c1-4-19-8-9(2)16-10(3)15-12-6-5-11(14(17)18)7-13(12)16/h5-7,9H,4,8H2,1-3H3,(H,17,18). The number of carbonyl (C=O) groups is 1. The number of carboxylic acids is 1. The molecule has 1 aromatic heterocycles. The number of aryl methyl sites for hydroxylation is 1. The number of benzene rings is 1. The second kappa shape index (κ2) is 5.65. The summed E-state index contributed by atoms with van der Waals surface area (Å²) in [4.78, 5) is 15.6. The molecule has 2 rings (SSSR count). The molecule has 0 saturated carbocycles. The predicted molar refractivity (Wildman–Crippen MR) is 79.1 cm³/mol. The highest BCUT2D eigenvalue weighted by Crippen LogP contribution is 2.24. The number of hydrogen-bond acceptors (Lipinski definition) is 3. The van der Waals surface area contributed by atoms with Crippen LogP contribution in [0.2, 0.25) is 0 Å². The molecule has 1 aromatic carbocycles. The number of imidazole rings is 1. The molecule has 0 aliphatic rings. The van der Waals surface area contributed by atoms with Gasteiger partial charge in [0.25, 0.3) is 0 Å². The number of fused-ring (bicyclic) bond motifs is 1. The summed E-state index contributed by atoms with van der Waals surface area (Å²) in [6.07, 6.45) is 0. The van der Waals surface area contributed by atoms with Gasteiger partial charge in [0.05, 0.1) is 16.6 Å². The van der Waals surface area contributed by atoms with Crippen LogP contribution in [0, 0.1) is 6.92 Å². The second-order valence-corrected chi connectivity index (χ2v) is 5.87. The first kappa shape index (κ1) is 13.9. The molecular weight excluding hydrogens is 260 g/mol. The van der Waals surface area contributed by atoms with E-state index in [-0.39, 0.29) is 0 Å². The van der Waals surface area contributed by atoms with Crippen LogP contribution in [0.25, 0.3) is 11.0 Å². The van der Waals surface area contributed by atoms with E-state index in [1.165, 1.54) is 0 Å². The zero-order valence-corrected chi connectivity index (χ0v) is 12.2. The molecule has 0 radical (unpaired) electrons. The topological polar surface area (TPSA) is 55.1 Å². The minimum atomic E-state index is -0.900. The average molecular weight is 278 g/mol. The fraction of sp³-hybridized carbons (Fsp3) is 0.429. The summed E-state index contributed by atoms with van der Waals surface area (Å²) < 4.78 is 2.13. The molecular formula is C14H18N2O2S. The predicted octanol–water partition coefficient (Wildman–Crippen LogP) is 3.36. The number of rotatable bonds is 5. The Balaban J connectivity index is 2.49. The lowest BCUT2D eigenvalue weighted by Crippen LogP contribution is -2.10. The number of nitrogens with zero attached hydrogens (tertiary/aromatic N) is 2. The highest BCUT2D eigenvalue weighted by Gasteiger charge is 2.15. The van der Waals surface area contributed by atoms with E-state index in [4.69, 9.17) is 5.11 Å². The summed E-state index contributed by atoms with van der Waals surface area (Å²) in [5, 5.41) is 9.09. The molecule has 1 unspecified atom stereocenters. The van der Waals surface area contributed by atoms with Gasteiger partial charge in [0.2, 0.25) is 0 Å². The van der Waals surface area contributed by atoms with Crippen LogP contribution >= 0.6 is 11.8 Å². The van der Waals surface area contributed by atoms with Gasteiger partial charge in [-0.3, -0.25) is 0 Å². The molecule has 102 valence electrons. The van der Waals surface area contributed by atoms with Crippen molar-refractivity contribution in [3.63, 3.8) is 0 Å². The quantitative estimate of drug-likeness (QED) is 0.911. The van der Waals surface area contributed by atoms with Crippen molar-refractivity contribution < 1.29 is 9.90 Å². The summed E-state index contributed by atoms with van der Waals surface area (Å²) in [6.45, 7) is 6.25. The third kappa shape index (κ3) is 2.76. The van der Waals surface area contributed by atoms with Gasteiger partial charge < -0.3 is 9.67 Å². The first-order chi connectivity index (χ1) is 9.04. The highest BCUT2D eigenvalue weighted by molar-refractivity contribution is 7.99. The van der Waals surface area contributed by atoms with Crippen LogP contribution < -0.4 is 0 Å². The summed E-state index contributed by atoms with van der Waals surface area (Å²) in [5.74, 6) is 2.11. The normalized spacial score (nSPS) is 12.8. The lowest BCUT2D eigenvalue weighted by atomic mass is 10.2. The van der Waals surface area contributed by atoms with Crippen LogP contribution in [-0.4, -0.2) is 32.1 Å². The number of hydrogen-bond donors (Lipinski definition) is 1. The monoisotopic (exact) mass is 278 g/mol. The minimum absolute atomic E-state index is 0.305. The lowest BCUT2D eigenvalue weighted by molar-refractivity contribution is 0.0697. The third-order valence-electron chi connectivity index (χ3n) is 3.12. The Morgan fingerprint density at radius 1 is 1.53 bits per heavy atom. The van der Waals surface area contributed by atoms with Crippen LogP contribution in [0.5, 0.6) is 0 Å². The molecule has 1 N–H and O–H groups in total. The molecule has 0 bridgehead atoms. The molecule has 4 nitrogen and oxygen atoms in total. The molecule has 5 heteroatoms. The molecule has 0 fully saturated rings. The van der Waals surface area contributed by atoms with E-state index < -0.39 is 5.97 Å². The summed E-state index contributed by atoms with van der Waals surface area (Å²) in [5.41, 5.74) is 2.07. The number of carboxylic acid groups (broad SMARTS) is 1. The van der Waals surface area contributed by atoms with Gasteiger partial charge in [-0.25, -0.2) is 9.78 Å². The summed E-state index contributed by atoms with van der Waals surface area (Å²) in [7, 11) is 0. The Labute approximate surface area is 116 Å². The number of aromatic nitrogens is 2. The van der Waals surface area contributed by atoms with Gasteiger partial charge in [-0.15, -0.1) is 0 Å². The third-order valence-corrected chi connectivity index (χ3v) is 4.24. The highest BCUT2D eigenvalue weighted by atomic mass is 32.2. The van der Waals surface area contributed by atoms with E-state index in [9.17, 15) is 4.79 Å². The van der Waals surface area contributed by atoms with Crippen molar-refractivity contribution in [1.82, 2.24) is 9.55 Å². The van der Waals surface area contributed by atoms with Crippen LogP contribution in [0.4, 0.5) is 0 Å². The van der Waals surface area contributed by atoms with E-state index >= 15 is 0 Å². The molecule has 0 aliphatic heterocycles. The van der Waals surface area contributed by atoms with Crippen LogP contribution in [0.15, 0.2) is 18.2 Å². The fourth-order valence-electron chi connectivity index (χ4n) is 2.27. The van der Waals surface area contributed by atoms with E-state index in [0.717, 1.165) is 28.4 Å². The smallest absolute Gasteiger partial charge is 0.335 e. The largest absolute Gasteiger partial charge is 0.478 e. The second-order valence-electron chi connectivity index (χ2n) is 4.55. The van der Waals surface area contributed by atoms with Gasteiger partial charge in [-0.2, -0.15) is 11.8 Å². The van der Waals surface area contributed by atoms with Crippen molar-refractivity contribution in [2.75, 3.05) is 11.5 Å². The SMILES string of the molecule is CCSCC(C)n1c(C)nc2ccc(C(=O)O)cc21. The molecule has 0 saturated heterocycles. The van der Waals surface area contributed by atoms with Gasteiger partial charge >= 0.3 is 5.97 Å². The van der Waals surface area contributed by atoms with E-state index in [2.05, 4.69) is 23.4 Å². The van der Waals surface area contributed by atoms with Gasteiger partial charge in [0, 0.05) is 11.8 Å². The van der Waals surface area contributed by atoms with Crippen LogP contribution in [-0.2, 0) is 0 Å². The Morgan fingerprint density at radius 2 is 2.26 bits per heavy atom.